The lowest BCUT2D eigenvalue weighted by Gasteiger charge is -2.69. The molecule has 0 radical (unpaired) electrons. The molecule has 0 amide bonds. The van der Waals surface area contributed by atoms with Crippen LogP contribution in [0.25, 0.3) is 0 Å². The van der Waals surface area contributed by atoms with Gasteiger partial charge in [0.1, 0.15) is 5.78 Å². The van der Waals surface area contributed by atoms with Gasteiger partial charge < -0.3 is 5.11 Å². The molecular weight excluding hydrogens is 238 g/mol. The van der Waals surface area contributed by atoms with Gasteiger partial charge >= 0.3 is 0 Å². The predicted octanol–water partition coefficient (Wildman–Crippen LogP) is 1.98. The van der Waals surface area contributed by atoms with Crippen molar-refractivity contribution in [3.63, 3.8) is 0 Å². The van der Waals surface area contributed by atoms with E-state index in [0.717, 1.165) is 51.6 Å². The molecule has 1 N–H and O–H groups in total. The van der Waals surface area contributed by atoms with Crippen molar-refractivity contribution in [1.82, 2.24) is 4.90 Å². The standard InChI is InChI=1S/C16H25NO2/c1-11-8-12-9-14(18)13-4-2-6-17-7-3-5-16(12,19)15(13,17)10-11/h11-13,19H,2-10H2,1H3/t11-,12+,13+,15+,16-/m1/s1. The average molecular weight is 263 g/mol. The molecular formula is C16H25NO2. The molecule has 5 atom stereocenters. The first-order chi connectivity index (χ1) is 9.08. The van der Waals surface area contributed by atoms with Gasteiger partial charge in [-0.15, -0.1) is 0 Å². The number of piperidine rings is 2. The Labute approximate surface area is 115 Å². The molecule has 2 aliphatic heterocycles. The SMILES string of the molecule is C[C@@H]1C[C@H]2CC(=O)[C@@H]3CCCN4CCC[C@]2(O)[C@]34C1. The Morgan fingerprint density at radius 3 is 2.95 bits per heavy atom. The van der Waals surface area contributed by atoms with Gasteiger partial charge in [0.2, 0.25) is 0 Å². The van der Waals surface area contributed by atoms with Crippen LogP contribution in [0.15, 0.2) is 0 Å². The normalized spacial score (nSPS) is 53.8. The van der Waals surface area contributed by atoms with Crippen LogP contribution in [-0.2, 0) is 4.79 Å². The van der Waals surface area contributed by atoms with Crippen LogP contribution in [0.3, 0.4) is 0 Å². The minimum Gasteiger partial charge on any atom is -0.388 e. The Hall–Kier alpha value is -0.410. The average Bonchev–Trinajstić information content (AvgIpc) is 2.35. The fourth-order valence-corrected chi connectivity index (χ4v) is 6.15. The van der Waals surface area contributed by atoms with Crippen molar-refractivity contribution in [2.24, 2.45) is 17.8 Å². The van der Waals surface area contributed by atoms with Gasteiger partial charge in [-0.3, -0.25) is 9.69 Å². The van der Waals surface area contributed by atoms with Gasteiger partial charge in [0, 0.05) is 12.3 Å². The summed E-state index contributed by atoms with van der Waals surface area (Å²) < 4.78 is 0. The van der Waals surface area contributed by atoms with Crippen LogP contribution in [0.1, 0.15) is 51.9 Å². The molecule has 3 nitrogen and oxygen atoms in total. The smallest absolute Gasteiger partial charge is 0.138 e. The number of rotatable bonds is 0. The van der Waals surface area contributed by atoms with Gasteiger partial charge in [-0.2, -0.15) is 0 Å². The van der Waals surface area contributed by atoms with E-state index in [2.05, 4.69) is 11.8 Å². The summed E-state index contributed by atoms with van der Waals surface area (Å²) in [7, 11) is 0. The zero-order valence-electron chi connectivity index (χ0n) is 11.9. The van der Waals surface area contributed by atoms with Crippen molar-refractivity contribution in [1.29, 1.82) is 0 Å². The lowest BCUT2D eigenvalue weighted by Crippen LogP contribution is -2.79. The van der Waals surface area contributed by atoms with Gasteiger partial charge in [-0.1, -0.05) is 6.92 Å². The number of aliphatic hydroxyl groups is 1. The second-order valence-corrected chi connectivity index (χ2v) is 7.55. The van der Waals surface area contributed by atoms with E-state index in [1.807, 2.05) is 0 Å². The molecule has 4 fully saturated rings. The maximum absolute atomic E-state index is 12.6. The summed E-state index contributed by atoms with van der Waals surface area (Å²) in [4.78, 5) is 15.1. The molecule has 0 aromatic carbocycles. The number of carbonyl (C=O) groups is 1. The van der Waals surface area contributed by atoms with Crippen molar-refractivity contribution in [3.05, 3.63) is 0 Å². The molecule has 2 saturated heterocycles. The van der Waals surface area contributed by atoms with E-state index in [1.54, 1.807) is 0 Å². The third-order valence-corrected chi connectivity index (χ3v) is 6.66. The summed E-state index contributed by atoms with van der Waals surface area (Å²) in [5.41, 5.74) is -0.766. The van der Waals surface area contributed by atoms with Gasteiger partial charge in [0.25, 0.3) is 0 Å². The van der Waals surface area contributed by atoms with Crippen LogP contribution in [0.4, 0.5) is 0 Å². The molecule has 0 aromatic heterocycles. The number of ketones is 1. The lowest BCUT2D eigenvalue weighted by molar-refractivity contribution is -0.249. The fraction of sp³-hybridized carbons (Fsp3) is 0.938. The molecule has 4 aliphatic rings. The third-order valence-electron chi connectivity index (χ3n) is 6.66. The molecule has 2 aliphatic carbocycles. The zero-order valence-corrected chi connectivity index (χ0v) is 11.9. The zero-order chi connectivity index (χ0) is 13.3. The fourth-order valence-electron chi connectivity index (χ4n) is 6.15. The van der Waals surface area contributed by atoms with Crippen molar-refractivity contribution in [2.45, 2.75) is 63.0 Å². The lowest BCUT2D eigenvalue weighted by atomic mass is 9.46. The van der Waals surface area contributed by atoms with Crippen molar-refractivity contribution < 1.29 is 9.90 Å². The van der Waals surface area contributed by atoms with E-state index in [9.17, 15) is 9.90 Å². The van der Waals surface area contributed by atoms with Gasteiger partial charge in [-0.05, 0) is 63.5 Å². The van der Waals surface area contributed by atoms with Gasteiger partial charge in [0.05, 0.1) is 11.1 Å². The van der Waals surface area contributed by atoms with Crippen molar-refractivity contribution in [3.8, 4) is 0 Å². The summed E-state index contributed by atoms with van der Waals surface area (Å²) in [6.07, 6.45) is 6.89. The second-order valence-electron chi connectivity index (χ2n) is 7.55. The number of carbonyl (C=O) groups excluding carboxylic acids is 1. The Kier molecular flexibility index (Phi) is 2.48. The number of hydrogen-bond donors (Lipinski definition) is 1. The number of hydrogen-bond acceptors (Lipinski definition) is 3. The molecule has 0 aromatic rings. The van der Waals surface area contributed by atoms with E-state index in [0.29, 0.717) is 18.1 Å². The minimum absolute atomic E-state index is 0.116. The van der Waals surface area contributed by atoms with Crippen molar-refractivity contribution in [2.75, 3.05) is 13.1 Å². The molecule has 2 saturated carbocycles. The highest BCUT2D eigenvalue weighted by Crippen LogP contribution is 2.61. The van der Waals surface area contributed by atoms with E-state index in [1.165, 1.54) is 0 Å². The molecule has 2 heterocycles. The van der Waals surface area contributed by atoms with Crippen LogP contribution in [0.2, 0.25) is 0 Å². The molecule has 19 heavy (non-hydrogen) atoms. The Morgan fingerprint density at radius 1 is 1.32 bits per heavy atom. The summed E-state index contributed by atoms with van der Waals surface area (Å²) >= 11 is 0. The van der Waals surface area contributed by atoms with Crippen LogP contribution < -0.4 is 0 Å². The Morgan fingerprint density at radius 2 is 2.11 bits per heavy atom. The largest absolute Gasteiger partial charge is 0.388 e. The maximum atomic E-state index is 12.6. The third kappa shape index (κ3) is 1.33. The monoisotopic (exact) mass is 263 g/mol. The maximum Gasteiger partial charge on any atom is 0.138 e. The van der Waals surface area contributed by atoms with E-state index in [4.69, 9.17) is 0 Å². The Balaban J connectivity index is 1.89. The highest BCUT2D eigenvalue weighted by atomic mass is 16.3. The highest BCUT2D eigenvalue weighted by molar-refractivity contribution is 5.85. The minimum atomic E-state index is -0.573. The topological polar surface area (TPSA) is 40.5 Å². The molecule has 3 heteroatoms. The first kappa shape index (κ1) is 12.3. The molecule has 106 valence electrons. The second kappa shape index (κ2) is 3.82. The van der Waals surface area contributed by atoms with E-state index < -0.39 is 5.60 Å². The molecule has 4 rings (SSSR count). The Bertz CT molecular complexity index is 421. The van der Waals surface area contributed by atoms with E-state index in [-0.39, 0.29) is 17.4 Å². The van der Waals surface area contributed by atoms with Crippen molar-refractivity contribution >= 4 is 5.78 Å². The van der Waals surface area contributed by atoms with Crippen LogP contribution in [0.5, 0.6) is 0 Å². The first-order valence-electron chi connectivity index (χ1n) is 8.08. The highest BCUT2D eigenvalue weighted by Gasteiger charge is 2.69. The first-order valence-corrected chi connectivity index (χ1v) is 8.08. The quantitative estimate of drug-likeness (QED) is 0.726. The molecule has 2 bridgehead atoms. The van der Waals surface area contributed by atoms with Gasteiger partial charge in [-0.25, -0.2) is 0 Å². The van der Waals surface area contributed by atoms with E-state index >= 15 is 0 Å². The van der Waals surface area contributed by atoms with Crippen LogP contribution in [0, 0.1) is 17.8 Å². The predicted molar refractivity (Wildman–Crippen MR) is 72.7 cm³/mol. The summed E-state index contributed by atoms with van der Waals surface area (Å²) in [6, 6.07) is 0. The summed E-state index contributed by atoms with van der Waals surface area (Å²) in [5.74, 6) is 1.44. The summed E-state index contributed by atoms with van der Waals surface area (Å²) in [5, 5.41) is 11.5. The van der Waals surface area contributed by atoms with Gasteiger partial charge in [0.15, 0.2) is 0 Å². The van der Waals surface area contributed by atoms with Crippen LogP contribution >= 0.6 is 0 Å². The summed E-state index contributed by atoms with van der Waals surface area (Å²) in [6.45, 7) is 4.49. The number of nitrogens with zero attached hydrogens (tertiary/aromatic N) is 1. The number of Topliss-reactive ketones (excluding diaryl/α,β-unsaturated/α-hetero) is 1. The molecule has 0 unspecified atom stereocenters. The van der Waals surface area contributed by atoms with Crippen LogP contribution in [-0.4, -0.2) is 40.0 Å². The molecule has 1 spiro atoms.